The minimum atomic E-state index is -2.78. The van der Waals surface area contributed by atoms with Gasteiger partial charge in [0.1, 0.15) is 5.69 Å². The van der Waals surface area contributed by atoms with Gasteiger partial charge in [0.2, 0.25) is 5.43 Å². The van der Waals surface area contributed by atoms with E-state index in [1.165, 1.54) is 40.1 Å². The van der Waals surface area contributed by atoms with Crippen molar-refractivity contribution in [2.75, 3.05) is 23.3 Å². The van der Waals surface area contributed by atoms with Gasteiger partial charge in [-0.05, 0) is 36.4 Å². The SMILES string of the molecule is N=C/C=C(\Nc1ccccc1)c1nn(-c2ccc(N3CCC(F)(F)C3)cc2F)ccc1=O. The molecule has 32 heavy (non-hydrogen) atoms. The van der Waals surface area contributed by atoms with Crippen LogP contribution >= 0.6 is 0 Å². The highest BCUT2D eigenvalue weighted by molar-refractivity contribution is 5.86. The monoisotopic (exact) mass is 439 g/mol. The summed E-state index contributed by atoms with van der Waals surface area (Å²) in [5.41, 5.74) is 0.989. The first-order valence-corrected chi connectivity index (χ1v) is 9.92. The number of halogens is 3. The molecule has 0 saturated carbocycles. The summed E-state index contributed by atoms with van der Waals surface area (Å²) >= 11 is 0. The Morgan fingerprint density at radius 2 is 1.94 bits per heavy atom. The van der Waals surface area contributed by atoms with E-state index in [9.17, 15) is 18.0 Å². The summed E-state index contributed by atoms with van der Waals surface area (Å²) in [7, 11) is 0. The number of allylic oxidation sites excluding steroid dienone is 1. The van der Waals surface area contributed by atoms with Crippen molar-refractivity contribution in [3.05, 3.63) is 88.6 Å². The molecule has 1 aliphatic rings. The molecule has 9 heteroatoms. The maximum absolute atomic E-state index is 14.9. The van der Waals surface area contributed by atoms with Gasteiger partial charge in [0.25, 0.3) is 5.92 Å². The van der Waals surface area contributed by atoms with E-state index in [-0.39, 0.29) is 30.0 Å². The van der Waals surface area contributed by atoms with Crippen molar-refractivity contribution >= 4 is 23.3 Å². The molecular formula is C23H20F3N5O. The largest absolute Gasteiger partial charge is 0.365 e. The Morgan fingerprint density at radius 1 is 1.16 bits per heavy atom. The highest BCUT2D eigenvalue weighted by Crippen LogP contribution is 2.32. The molecule has 2 heterocycles. The summed E-state index contributed by atoms with van der Waals surface area (Å²) in [4.78, 5) is 13.9. The molecule has 6 nitrogen and oxygen atoms in total. The normalized spacial score (nSPS) is 15.6. The Kier molecular flexibility index (Phi) is 5.81. The number of nitrogens with one attached hydrogen (secondary N) is 2. The summed E-state index contributed by atoms with van der Waals surface area (Å²) in [6.45, 7) is -0.301. The minimum absolute atomic E-state index is 0.00233. The first kappa shape index (κ1) is 21.4. The number of para-hydroxylation sites is 1. The van der Waals surface area contributed by atoms with E-state index >= 15 is 0 Å². The maximum Gasteiger partial charge on any atom is 0.266 e. The quantitative estimate of drug-likeness (QED) is 0.561. The molecule has 1 aromatic heterocycles. The van der Waals surface area contributed by atoms with Crippen LogP contribution < -0.4 is 15.6 Å². The van der Waals surface area contributed by atoms with Crippen LogP contribution in [0.25, 0.3) is 11.4 Å². The van der Waals surface area contributed by atoms with Gasteiger partial charge < -0.3 is 15.6 Å². The fourth-order valence-corrected chi connectivity index (χ4v) is 3.50. The van der Waals surface area contributed by atoms with E-state index in [0.717, 1.165) is 6.21 Å². The summed E-state index contributed by atoms with van der Waals surface area (Å²) in [6, 6.07) is 14.5. The number of aromatic nitrogens is 2. The molecule has 0 amide bonds. The number of hydrogen-bond donors (Lipinski definition) is 2. The second kappa shape index (κ2) is 8.70. The van der Waals surface area contributed by atoms with E-state index in [0.29, 0.717) is 11.4 Å². The van der Waals surface area contributed by atoms with Crippen LogP contribution in [0.2, 0.25) is 0 Å². The lowest BCUT2D eigenvalue weighted by Gasteiger charge is -2.19. The molecule has 3 aromatic rings. The van der Waals surface area contributed by atoms with Gasteiger partial charge in [-0.15, -0.1) is 0 Å². The summed E-state index contributed by atoms with van der Waals surface area (Å²) in [5, 5.41) is 14.7. The Hall–Kier alpha value is -3.88. The van der Waals surface area contributed by atoms with Gasteiger partial charge in [-0.3, -0.25) is 4.79 Å². The number of rotatable bonds is 6. The predicted octanol–water partition coefficient (Wildman–Crippen LogP) is 4.32. The molecule has 4 rings (SSSR count). The lowest BCUT2D eigenvalue weighted by Crippen LogP contribution is -2.25. The van der Waals surface area contributed by atoms with E-state index in [1.807, 2.05) is 18.2 Å². The van der Waals surface area contributed by atoms with Crippen molar-refractivity contribution in [2.24, 2.45) is 0 Å². The fraction of sp³-hybridized carbons (Fsp3) is 0.174. The molecule has 164 valence electrons. The molecule has 0 aliphatic carbocycles. The molecule has 0 radical (unpaired) electrons. The zero-order valence-electron chi connectivity index (χ0n) is 16.9. The Morgan fingerprint density at radius 3 is 2.59 bits per heavy atom. The van der Waals surface area contributed by atoms with Crippen LogP contribution in [-0.2, 0) is 0 Å². The third-order valence-electron chi connectivity index (χ3n) is 5.08. The highest BCUT2D eigenvalue weighted by Gasteiger charge is 2.38. The second-order valence-corrected chi connectivity index (χ2v) is 7.37. The van der Waals surface area contributed by atoms with Crippen molar-refractivity contribution in [2.45, 2.75) is 12.3 Å². The zero-order valence-corrected chi connectivity index (χ0v) is 16.9. The number of alkyl halides is 2. The average Bonchev–Trinajstić information content (AvgIpc) is 3.14. The first-order chi connectivity index (χ1) is 15.4. The smallest absolute Gasteiger partial charge is 0.266 e. The molecule has 2 N–H and O–H groups in total. The van der Waals surface area contributed by atoms with E-state index in [4.69, 9.17) is 5.41 Å². The standard InChI is InChI=1S/C23H20F3N5O/c24-18-14-17(30-13-10-23(25,26)15-30)6-7-20(18)31-12-9-21(32)22(29-31)19(8-11-27)28-16-4-2-1-3-5-16/h1-9,11-12,14,27-28H,10,13,15H2/b19-8-,27-11?. The summed E-state index contributed by atoms with van der Waals surface area (Å²) in [5.74, 6) is -3.44. The van der Waals surface area contributed by atoms with Crippen molar-refractivity contribution in [1.29, 1.82) is 5.41 Å². The van der Waals surface area contributed by atoms with Gasteiger partial charge in [-0.1, -0.05) is 18.2 Å². The lowest BCUT2D eigenvalue weighted by molar-refractivity contribution is 0.0257. The molecule has 0 spiro atoms. The van der Waals surface area contributed by atoms with Crippen molar-refractivity contribution in [3.8, 4) is 5.69 Å². The molecule has 0 unspecified atom stereocenters. The highest BCUT2D eigenvalue weighted by atomic mass is 19.3. The van der Waals surface area contributed by atoms with Crippen LogP contribution in [0.1, 0.15) is 12.1 Å². The van der Waals surface area contributed by atoms with Gasteiger partial charge in [0.05, 0.1) is 12.2 Å². The topological polar surface area (TPSA) is 74.0 Å². The van der Waals surface area contributed by atoms with Crippen molar-refractivity contribution in [1.82, 2.24) is 9.78 Å². The predicted molar refractivity (Wildman–Crippen MR) is 118 cm³/mol. The summed E-state index contributed by atoms with van der Waals surface area (Å²) in [6.07, 6.45) is 3.47. The molecule has 1 fully saturated rings. The molecule has 1 aliphatic heterocycles. The number of benzene rings is 2. The van der Waals surface area contributed by atoms with Crippen molar-refractivity contribution < 1.29 is 13.2 Å². The van der Waals surface area contributed by atoms with Gasteiger partial charge in [0, 0.05) is 42.8 Å². The fourth-order valence-electron chi connectivity index (χ4n) is 3.50. The summed E-state index contributed by atoms with van der Waals surface area (Å²) < 4.78 is 43.1. The Balaban J connectivity index is 1.67. The average molecular weight is 439 g/mol. The molecular weight excluding hydrogens is 419 g/mol. The van der Waals surface area contributed by atoms with Crippen LogP contribution in [0.4, 0.5) is 24.5 Å². The zero-order chi connectivity index (χ0) is 22.7. The van der Waals surface area contributed by atoms with E-state index in [1.54, 1.807) is 18.2 Å². The molecule has 0 bridgehead atoms. The third-order valence-corrected chi connectivity index (χ3v) is 5.08. The minimum Gasteiger partial charge on any atom is -0.365 e. The third kappa shape index (κ3) is 4.56. The van der Waals surface area contributed by atoms with Gasteiger partial charge >= 0.3 is 0 Å². The van der Waals surface area contributed by atoms with Gasteiger partial charge in [-0.25, -0.2) is 17.9 Å². The van der Waals surface area contributed by atoms with Gasteiger partial charge in [0.15, 0.2) is 11.5 Å². The Labute approximate surface area is 182 Å². The number of nitrogens with zero attached hydrogens (tertiary/aromatic N) is 3. The first-order valence-electron chi connectivity index (χ1n) is 9.92. The Bertz CT molecular complexity index is 1220. The lowest BCUT2D eigenvalue weighted by atomic mass is 10.2. The van der Waals surface area contributed by atoms with Crippen molar-refractivity contribution in [3.63, 3.8) is 0 Å². The molecule has 1 saturated heterocycles. The molecule has 0 atom stereocenters. The number of anilines is 2. The molecule has 2 aromatic carbocycles. The van der Waals surface area contributed by atoms with Crippen LogP contribution in [0.15, 0.2) is 71.7 Å². The van der Waals surface area contributed by atoms with Crippen LogP contribution in [0.3, 0.4) is 0 Å². The second-order valence-electron chi connectivity index (χ2n) is 7.37. The maximum atomic E-state index is 14.9. The van der Waals surface area contributed by atoms with E-state index < -0.39 is 23.7 Å². The number of hydrogen-bond acceptors (Lipinski definition) is 5. The van der Waals surface area contributed by atoms with E-state index in [2.05, 4.69) is 10.4 Å². The van der Waals surface area contributed by atoms with Crippen LogP contribution in [0, 0.1) is 11.2 Å². The van der Waals surface area contributed by atoms with Crippen LogP contribution in [0.5, 0.6) is 0 Å². The van der Waals surface area contributed by atoms with Gasteiger partial charge in [-0.2, -0.15) is 5.10 Å². The van der Waals surface area contributed by atoms with Crippen LogP contribution in [-0.4, -0.2) is 35.0 Å².